The Hall–Kier alpha value is -1.32. The predicted molar refractivity (Wildman–Crippen MR) is 91.5 cm³/mol. The molecule has 21 heavy (non-hydrogen) atoms. The Bertz CT molecular complexity index is 547. The summed E-state index contributed by atoms with van der Waals surface area (Å²) in [5.41, 5.74) is 2.71. The summed E-state index contributed by atoms with van der Waals surface area (Å²) in [7, 11) is 1.74. The fraction of sp³-hybridized carbons (Fsp3) is 0.444. The average Bonchev–Trinajstić information content (AvgIpc) is 3.00. The van der Waals surface area contributed by atoms with E-state index >= 15 is 0 Å². The van der Waals surface area contributed by atoms with Gasteiger partial charge in [0.15, 0.2) is 0 Å². The molecule has 1 heterocycles. The van der Waals surface area contributed by atoms with Gasteiger partial charge in [-0.3, -0.25) is 0 Å². The molecular formula is C18H25NOS. The fourth-order valence-corrected chi connectivity index (χ4v) is 3.47. The molecule has 0 aliphatic heterocycles. The van der Waals surface area contributed by atoms with Gasteiger partial charge in [-0.2, -0.15) is 0 Å². The van der Waals surface area contributed by atoms with E-state index in [0.717, 1.165) is 12.3 Å². The maximum Gasteiger partial charge on any atom is 0.134 e. The summed E-state index contributed by atoms with van der Waals surface area (Å²) in [5, 5.41) is 5.66. The molecule has 0 bridgehead atoms. The van der Waals surface area contributed by atoms with Crippen LogP contribution in [-0.2, 0) is 0 Å². The molecule has 1 aromatic heterocycles. The van der Waals surface area contributed by atoms with Crippen LogP contribution < -0.4 is 10.1 Å². The van der Waals surface area contributed by atoms with Crippen LogP contribution in [0.15, 0.2) is 35.7 Å². The molecule has 0 aliphatic carbocycles. The number of methoxy groups -OCH3 is 1. The first-order chi connectivity index (χ1) is 10.2. The molecular weight excluding hydrogens is 278 g/mol. The highest BCUT2D eigenvalue weighted by molar-refractivity contribution is 7.10. The van der Waals surface area contributed by atoms with Gasteiger partial charge in [0.05, 0.1) is 18.0 Å². The van der Waals surface area contributed by atoms with E-state index in [1.54, 1.807) is 18.4 Å². The Labute approximate surface area is 132 Å². The summed E-state index contributed by atoms with van der Waals surface area (Å²) in [6.07, 6.45) is 1.18. The average molecular weight is 303 g/mol. The Kier molecular flexibility index (Phi) is 5.83. The third kappa shape index (κ3) is 3.66. The van der Waals surface area contributed by atoms with E-state index in [1.165, 1.54) is 22.4 Å². The van der Waals surface area contributed by atoms with Crippen LogP contribution in [-0.4, -0.2) is 13.7 Å². The van der Waals surface area contributed by atoms with Gasteiger partial charge in [-0.15, -0.1) is 11.3 Å². The molecule has 114 valence electrons. The van der Waals surface area contributed by atoms with E-state index < -0.39 is 0 Å². The Morgan fingerprint density at radius 2 is 1.76 bits per heavy atom. The second-order valence-electron chi connectivity index (χ2n) is 5.32. The molecule has 2 unspecified atom stereocenters. The van der Waals surface area contributed by atoms with E-state index in [4.69, 9.17) is 4.74 Å². The highest BCUT2D eigenvalue weighted by Crippen LogP contribution is 2.35. The lowest BCUT2D eigenvalue weighted by Crippen LogP contribution is -2.21. The Morgan fingerprint density at radius 1 is 1.10 bits per heavy atom. The maximum atomic E-state index is 5.48. The van der Waals surface area contributed by atoms with Crippen molar-refractivity contribution in [2.45, 2.75) is 39.2 Å². The molecule has 0 spiro atoms. The van der Waals surface area contributed by atoms with Crippen LogP contribution >= 0.6 is 11.3 Å². The van der Waals surface area contributed by atoms with Crippen molar-refractivity contribution in [3.63, 3.8) is 0 Å². The second kappa shape index (κ2) is 7.62. The van der Waals surface area contributed by atoms with Crippen LogP contribution in [0.5, 0.6) is 5.75 Å². The van der Waals surface area contributed by atoms with Crippen LogP contribution in [0.1, 0.15) is 55.2 Å². The number of hydrogen-bond donors (Lipinski definition) is 1. The largest absolute Gasteiger partial charge is 0.496 e. The number of ether oxygens (including phenoxy) is 1. The number of rotatable bonds is 7. The van der Waals surface area contributed by atoms with Crippen LogP contribution in [0.4, 0.5) is 0 Å². The van der Waals surface area contributed by atoms with Crippen molar-refractivity contribution in [3.05, 3.63) is 51.7 Å². The summed E-state index contributed by atoms with van der Waals surface area (Å²) in [4.78, 5) is 1.25. The molecule has 0 radical (unpaired) electrons. The summed E-state index contributed by atoms with van der Waals surface area (Å²) < 4.78 is 5.48. The zero-order valence-corrected chi connectivity index (χ0v) is 14.2. The van der Waals surface area contributed by atoms with Crippen molar-refractivity contribution >= 4 is 11.3 Å². The van der Waals surface area contributed by atoms with Crippen LogP contribution in [0.2, 0.25) is 0 Å². The van der Waals surface area contributed by atoms with Crippen molar-refractivity contribution in [2.24, 2.45) is 0 Å². The van der Waals surface area contributed by atoms with Crippen molar-refractivity contribution < 1.29 is 4.74 Å². The Balaban J connectivity index is 2.30. The minimum absolute atomic E-state index is 0.205. The highest BCUT2D eigenvalue weighted by Gasteiger charge is 2.19. The molecule has 1 aromatic carbocycles. The first-order valence-electron chi connectivity index (χ1n) is 7.65. The van der Waals surface area contributed by atoms with Gasteiger partial charge in [0, 0.05) is 0 Å². The van der Waals surface area contributed by atoms with Gasteiger partial charge >= 0.3 is 0 Å². The summed E-state index contributed by atoms with van der Waals surface area (Å²) in [6.45, 7) is 7.58. The summed E-state index contributed by atoms with van der Waals surface area (Å²) >= 11 is 1.74. The van der Waals surface area contributed by atoms with Gasteiger partial charge in [0.25, 0.3) is 0 Å². The lowest BCUT2D eigenvalue weighted by atomic mass is 9.95. The van der Waals surface area contributed by atoms with Gasteiger partial charge in [-0.05, 0) is 41.5 Å². The molecule has 0 saturated heterocycles. The van der Waals surface area contributed by atoms with E-state index in [9.17, 15) is 0 Å². The standard InChI is InChI=1S/C18H25NOS/c1-5-13(3)14-7-9-15(10-8-14)17(19-6-2)18-16(20-4)11-12-21-18/h7-13,17,19H,5-6H2,1-4H3. The fourth-order valence-electron chi connectivity index (χ4n) is 2.51. The third-order valence-electron chi connectivity index (χ3n) is 4.00. The third-order valence-corrected chi connectivity index (χ3v) is 4.96. The van der Waals surface area contributed by atoms with Crippen molar-refractivity contribution in [1.82, 2.24) is 5.32 Å². The van der Waals surface area contributed by atoms with Gasteiger partial charge in [0.2, 0.25) is 0 Å². The molecule has 2 nitrogen and oxygen atoms in total. The minimum atomic E-state index is 0.205. The zero-order chi connectivity index (χ0) is 15.2. The molecule has 0 amide bonds. The monoisotopic (exact) mass is 303 g/mol. The number of nitrogens with one attached hydrogen (secondary N) is 1. The quantitative estimate of drug-likeness (QED) is 0.780. The number of thiophene rings is 1. The van der Waals surface area contributed by atoms with E-state index in [0.29, 0.717) is 5.92 Å². The smallest absolute Gasteiger partial charge is 0.134 e. The maximum absolute atomic E-state index is 5.48. The van der Waals surface area contributed by atoms with Crippen molar-refractivity contribution in [2.75, 3.05) is 13.7 Å². The van der Waals surface area contributed by atoms with Gasteiger partial charge in [0.1, 0.15) is 5.75 Å². The molecule has 0 saturated carbocycles. The number of hydrogen-bond acceptors (Lipinski definition) is 3. The van der Waals surface area contributed by atoms with Crippen LogP contribution in [0, 0.1) is 0 Å². The lowest BCUT2D eigenvalue weighted by Gasteiger charge is -2.19. The minimum Gasteiger partial charge on any atom is -0.496 e. The van der Waals surface area contributed by atoms with Crippen molar-refractivity contribution in [3.8, 4) is 5.75 Å². The zero-order valence-electron chi connectivity index (χ0n) is 13.3. The summed E-state index contributed by atoms with van der Waals surface area (Å²) in [5.74, 6) is 1.59. The molecule has 1 N–H and O–H groups in total. The molecule has 2 rings (SSSR count). The molecule has 3 heteroatoms. The molecule has 2 aromatic rings. The van der Waals surface area contributed by atoms with Crippen molar-refractivity contribution in [1.29, 1.82) is 0 Å². The van der Waals surface area contributed by atoms with Gasteiger partial charge < -0.3 is 10.1 Å². The SMILES string of the molecule is CCNC(c1ccc(C(C)CC)cc1)c1sccc1OC. The van der Waals surface area contributed by atoms with Gasteiger partial charge in [-0.25, -0.2) is 0 Å². The Morgan fingerprint density at radius 3 is 2.33 bits per heavy atom. The lowest BCUT2D eigenvalue weighted by molar-refractivity contribution is 0.408. The van der Waals surface area contributed by atoms with E-state index in [-0.39, 0.29) is 6.04 Å². The highest BCUT2D eigenvalue weighted by atomic mass is 32.1. The molecule has 2 atom stereocenters. The molecule has 0 aliphatic rings. The molecule has 0 fully saturated rings. The van der Waals surface area contributed by atoms with E-state index in [2.05, 4.69) is 55.7 Å². The number of benzene rings is 1. The first-order valence-corrected chi connectivity index (χ1v) is 8.53. The van der Waals surface area contributed by atoms with E-state index in [1.807, 2.05) is 6.07 Å². The van der Waals surface area contributed by atoms with Crippen LogP contribution in [0.3, 0.4) is 0 Å². The topological polar surface area (TPSA) is 21.3 Å². The second-order valence-corrected chi connectivity index (χ2v) is 6.27. The summed E-state index contributed by atoms with van der Waals surface area (Å²) in [6, 6.07) is 11.2. The van der Waals surface area contributed by atoms with Crippen LogP contribution in [0.25, 0.3) is 0 Å². The normalized spacial score (nSPS) is 13.9. The predicted octanol–water partition coefficient (Wildman–Crippen LogP) is 4.97. The van der Waals surface area contributed by atoms with Gasteiger partial charge in [-0.1, -0.05) is 45.0 Å². The first kappa shape index (κ1) is 16.1.